The number of halogens is 2. The number of nitrogens with one attached hydrogen (secondary N) is 1. The van der Waals surface area contributed by atoms with E-state index in [4.69, 9.17) is 9.47 Å². The van der Waals surface area contributed by atoms with Crippen LogP contribution in [0.25, 0.3) is 0 Å². The fraction of sp³-hybridized carbons (Fsp3) is 0.133. The smallest absolute Gasteiger partial charge is 0.272 e. The summed E-state index contributed by atoms with van der Waals surface area (Å²) in [4.78, 5) is 15.8. The zero-order valence-electron chi connectivity index (χ0n) is 12.3. The standard InChI is InChI=1S/C15H13Br2N3O3/c1-22-13-10(6-11(16)14(23-2)12(13)17)8-19-20-15(21)9-4-3-5-18-7-9/h3-8H,1-2H3,(H,20,21)/b19-8+. The molecule has 1 amide bonds. The van der Waals surface area contributed by atoms with Gasteiger partial charge in [0.15, 0.2) is 5.75 Å². The third-order valence-corrected chi connectivity index (χ3v) is 4.17. The number of ether oxygens (including phenoxy) is 2. The third-order valence-electron chi connectivity index (χ3n) is 2.86. The molecule has 8 heteroatoms. The summed E-state index contributed by atoms with van der Waals surface area (Å²) in [7, 11) is 3.10. The van der Waals surface area contributed by atoms with Crippen molar-refractivity contribution in [2.45, 2.75) is 0 Å². The first kappa shape index (κ1) is 17.4. The van der Waals surface area contributed by atoms with Crippen molar-refractivity contribution in [1.29, 1.82) is 0 Å². The molecule has 1 aromatic heterocycles. The second kappa shape index (κ2) is 8.07. The number of aromatic nitrogens is 1. The molecule has 1 aromatic carbocycles. The van der Waals surface area contributed by atoms with E-state index in [0.717, 1.165) is 4.47 Å². The lowest BCUT2D eigenvalue weighted by atomic mass is 10.2. The summed E-state index contributed by atoms with van der Waals surface area (Å²) in [6.07, 6.45) is 4.55. The Morgan fingerprint density at radius 2 is 2.04 bits per heavy atom. The van der Waals surface area contributed by atoms with E-state index in [9.17, 15) is 4.79 Å². The number of hydrazone groups is 1. The van der Waals surface area contributed by atoms with Crippen LogP contribution < -0.4 is 14.9 Å². The van der Waals surface area contributed by atoms with Gasteiger partial charge in [0.05, 0.1) is 30.5 Å². The SMILES string of the molecule is COc1c(Br)cc(/C=N/NC(=O)c2cccnc2)c(OC)c1Br. The zero-order chi connectivity index (χ0) is 16.8. The molecule has 0 unspecified atom stereocenters. The average Bonchev–Trinajstić information content (AvgIpc) is 2.56. The summed E-state index contributed by atoms with van der Waals surface area (Å²) in [5.41, 5.74) is 3.53. The van der Waals surface area contributed by atoms with Gasteiger partial charge in [0.25, 0.3) is 5.91 Å². The highest BCUT2D eigenvalue weighted by Crippen LogP contribution is 2.41. The van der Waals surface area contributed by atoms with Crippen LogP contribution in [0.3, 0.4) is 0 Å². The van der Waals surface area contributed by atoms with Crippen molar-refractivity contribution in [2.75, 3.05) is 14.2 Å². The number of hydrogen-bond acceptors (Lipinski definition) is 5. The molecule has 0 spiro atoms. The largest absolute Gasteiger partial charge is 0.495 e. The number of amides is 1. The summed E-state index contributed by atoms with van der Waals surface area (Å²) in [6, 6.07) is 5.11. The Kier molecular flexibility index (Phi) is 6.12. The number of nitrogens with zero attached hydrogens (tertiary/aromatic N) is 2. The molecule has 1 N–H and O–H groups in total. The van der Waals surface area contributed by atoms with Crippen molar-refractivity contribution in [3.63, 3.8) is 0 Å². The van der Waals surface area contributed by atoms with E-state index in [0.29, 0.717) is 27.1 Å². The van der Waals surface area contributed by atoms with Crippen LogP contribution in [0.1, 0.15) is 15.9 Å². The Morgan fingerprint density at radius 3 is 2.65 bits per heavy atom. The number of pyridine rings is 1. The van der Waals surface area contributed by atoms with Crippen LogP contribution in [0.15, 0.2) is 44.6 Å². The minimum Gasteiger partial charge on any atom is -0.495 e. The Balaban J connectivity index is 2.21. The first-order chi connectivity index (χ1) is 11.1. The predicted molar refractivity (Wildman–Crippen MR) is 94.2 cm³/mol. The van der Waals surface area contributed by atoms with Crippen LogP contribution in [0, 0.1) is 0 Å². The average molecular weight is 443 g/mol. The molecule has 0 fully saturated rings. The molecule has 0 saturated heterocycles. The van der Waals surface area contributed by atoms with Crippen molar-refractivity contribution in [3.8, 4) is 11.5 Å². The lowest BCUT2D eigenvalue weighted by Gasteiger charge is -2.12. The molecule has 2 rings (SSSR count). The molecular weight excluding hydrogens is 430 g/mol. The second-order valence-electron chi connectivity index (χ2n) is 4.27. The Hall–Kier alpha value is -1.93. The monoisotopic (exact) mass is 441 g/mol. The van der Waals surface area contributed by atoms with Crippen LogP contribution in [-0.4, -0.2) is 31.3 Å². The van der Waals surface area contributed by atoms with Gasteiger partial charge in [-0.05, 0) is 50.1 Å². The van der Waals surface area contributed by atoms with Crippen molar-refractivity contribution in [3.05, 3.63) is 50.7 Å². The second-order valence-corrected chi connectivity index (χ2v) is 5.92. The van der Waals surface area contributed by atoms with E-state index in [1.807, 2.05) is 0 Å². The van der Waals surface area contributed by atoms with Gasteiger partial charge in [0.2, 0.25) is 0 Å². The number of rotatable bonds is 5. The van der Waals surface area contributed by atoms with E-state index in [-0.39, 0.29) is 5.91 Å². The third kappa shape index (κ3) is 4.08. The number of carbonyl (C=O) groups excluding carboxylic acids is 1. The minimum absolute atomic E-state index is 0.347. The van der Waals surface area contributed by atoms with Crippen molar-refractivity contribution < 1.29 is 14.3 Å². The molecule has 0 aliphatic heterocycles. The molecule has 0 radical (unpaired) electrons. The van der Waals surface area contributed by atoms with Crippen LogP contribution in [0.4, 0.5) is 0 Å². The number of methoxy groups -OCH3 is 2. The Labute approximate surface area is 150 Å². The summed E-state index contributed by atoms with van der Waals surface area (Å²) < 4.78 is 12.0. The molecule has 23 heavy (non-hydrogen) atoms. The van der Waals surface area contributed by atoms with Crippen LogP contribution >= 0.6 is 31.9 Å². The molecular formula is C15H13Br2N3O3. The van der Waals surface area contributed by atoms with Crippen molar-refractivity contribution >= 4 is 44.0 Å². The summed E-state index contributed by atoms with van der Waals surface area (Å²) in [5, 5.41) is 3.95. The highest BCUT2D eigenvalue weighted by Gasteiger charge is 2.15. The van der Waals surface area contributed by atoms with E-state index in [1.165, 1.54) is 12.4 Å². The quantitative estimate of drug-likeness (QED) is 0.569. The van der Waals surface area contributed by atoms with Gasteiger partial charge in [-0.25, -0.2) is 5.43 Å². The molecule has 0 bridgehead atoms. The Morgan fingerprint density at radius 1 is 1.30 bits per heavy atom. The molecule has 6 nitrogen and oxygen atoms in total. The highest BCUT2D eigenvalue weighted by atomic mass is 79.9. The van der Waals surface area contributed by atoms with E-state index in [1.54, 1.807) is 38.6 Å². The maximum atomic E-state index is 11.9. The summed E-state index contributed by atoms with van der Waals surface area (Å²) in [5.74, 6) is 0.808. The fourth-order valence-corrected chi connectivity index (χ4v) is 3.45. The van der Waals surface area contributed by atoms with Crippen molar-refractivity contribution in [1.82, 2.24) is 10.4 Å². The molecule has 0 aliphatic rings. The van der Waals surface area contributed by atoms with Crippen LogP contribution in [0.5, 0.6) is 11.5 Å². The fourth-order valence-electron chi connectivity index (χ4n) is 1.81. The van der Waals surface area contributed by atoms with Crippen LogP contribution in [0.2, 0.25) is 0 Å². The zero-order valence-corrected chi connectivity index (χ0v) is 15.5. The van der Waals surface area contributed by atoms with E-state index < -0.39 is 0 Å². The van der Waals surface area contributed by atoms with Gasteiger partial charge in [-0.15, -0.1) is 0 Å². The van der Waals surface area contributed by atoms with Gasteiger partial charge in [-0.2, -0.15) is 5.10 Å². The number of hydrogen-bond donors (Lipinski definition) is 1. The molecule has 0 aliphatic carbocycles. The first-order valence-electron chi connectivity index (χ1n) is 6.42. The highest BCUT2D eigenvalue weighted by molar-refractivity contribution is 9.11. The molecule has 0 atom stereocenters. The van der Waals surface area contributed by atoms with Crippen LogP contribution in [-0.2, 0) is 0 Å². The Bertz CT molecular complexity index is 736. The van der Waals surface area contributed by atoms with Gasteiger partial charge in [0, 0.05) is 18.0 Å². The van der Waals surface area contributed by atoms with E-state index >= 15 is 0 Å². The molecule has 0 saturated carbocycles. The lowest BCUT2D eigenvalue weighted by molar-refractivity contribution is 0.0954. The van der Waals surface area contributed by atoms with Gasteiger partial charge in [-0.1, -0.05) is 0 Å². The molecule has 1 heterocycles. The maximum Gasteiger partial charge on any atom is 0.272 e. The van der Waals surface area contributed by atoms with Gasteiger partial charge >= 0.3 is 0 Å². The minimum atomic E-state index is -0.347. The normalized spacial score (nSPS) is 10.6. The molecule has 2 aromatic rings. The first-order valence-corrected chi connectivity index (χ1v) is 8.00. The summed E-state index contributed by atoms with van der Waals surface area (Å²) in [6.45, 7) is 0. The van der Waals surface area contributed by atoms with Gasteiger partial charge in [-0.3, -0.25) is 9.78 Å². The lowest BCUT2D eigenvalue weighted by Crippen LogP contribution is -2.17. The van der Waals surface area contributed by atoms with Gasteiger partial charge < -0.3 is 9.47 Å². The summed E-state index contributed by atoms with van der Waals surface area (Å²) >= 11 is 6.83. The van der Waals surface area contributed by atoms with E-state index in [2.05, 4.69) is 47.4 Å². The van der Waals surface area contributed by atoms with Gasteiger partial charge in [0.1, 0.15) is 10.2 Å². The molecule has 120 valence electrons. The predicted octanol–water partition coefficient (Wildman–Crippen LogP) is 3.39. The number of benzene rings is 1. The number of carbonyl (C=O) groups is 1. The topological polar surface area (TPSA) is 72.8 Å². The van der Waals surface area contributed by atoms with Crippen molar-refractivity contribution in [2.24, 2.45) is 5.10 Å². The maximum absolute atomic E-state index is 11.9.